The van der Waals surface area contributed by atoms with Crippen molar-refractivity contribution < 1.29 is 38.5 Å². The quantitative estimate of drug-likeness (QED) is 0.118. The highest BCUT2D eigenvalue weighted by molar-refractivity contribution is 5.93. The van der Waals surface area contributed by atoms with Gasteiger partial charge in [0.2, 0.25) is 5.91 Å². The van der Waals surface area contributed by atoms with E-state index in [0.29, 0.717) is 29.9 Å². The van der Waals surface area contributed by atoms with Crippen LogP contribution in [0.4, 0.5) is 0 Å². The average Bonchev–Trinajstić information content (AvgIpc) is 3.43. The maximum atomic E-state index is 14.4. The molecule has 0 radical (unpaired) electrons. The lowest BCUT2D eigenvalue weighted by Gasteiger charge is -2.53. The zero-order valence-corrected chi connectivity index (χ0v) is 33.3. The maximum Gasteiger partial charge on any atom is 0.327 e. The van der Waals surface area contributed by atoms with Gasteiger partial charge in [0, 0.05) is 25.8 Å². The summed E-state index contributed by atoms with van der Waals surface area (Å²) in [6.07, 6.45) is 13.8. The van der Waals surface area contributed by atoms with Crippen molar-refractivity contribution in [2.45, 2.75) is 179 Å². The van der Waals surface area contributed by atoms with Gasteiger partial charge in [-0.3, -0.25) is 14.4 Å². The highest BCUT2D eigenvalue weighted by Crippen LogP contribution is 2.61. The van der Waals surface area contributed by atoms with Crippen molar-refractivity contribution in [2.24, 2.45) is 22.7 Å². The summed E-state index contributed by atoms with van der Waals surface area (Å²) in [5.41, 5.74) is 2.71. The second-order valence-electron chi connectivity index (χ2n) is 18.5. The number of benzene rings is 1. The molecule has 7 aliphatic rings. The van der Waals surface area contributed by atoms with E-state index in [9.17, 15) is 14.7 Å². The fraction of sp³-hybridized carbons (Fsp3) is 0.773. The van der Waals surface area contributed by atoms with Gasteiger partial charge in [0.05, 0.1) is 24.9 Å². The lowest BCUT2D eigenvalue weighted by atomic mass is 9.52. The van der Waals surface area contributed by atoms with Crippen molar-refractivity contribution in [3.8, 4) is 0 Å². The van der Waals surface area contributed by atoms with E-state index in [4.69, 9.17) is 23.8 Å². The van der Waals surface area contributed by atoms with E-state index >= 15 is 0 Å². The number of carbonyl (C=O) groups is 2. The van der Waals surface area contributed by atoms with Crippen molar-refractivity contribution in [3.05, 3.63) is 41.0 Å². The Kier molecular flexibility index (Phi) is 10.6. The number of nitrogens with zero attached hydrogens (tertiary/aromatic N) is 1. The van der Waals surface area contributed by atoms with E-state index in [2.05, 4.69) is 64.2 Å². The zero-order chi connectivity index (χ0) is 37.9. The molecule has 2 bridgehead atoms. The third kappa shape index (κ3) is 6.68. The maximum absolute atomic E-state index is 14.4. The van der Waals surface area contributed by atoms with Crippen molar-refractivity contribution in [1.29, 1.82) is 0 Å². The average molecular weight is 749 g/mol. The summed E-state index contributed by atoms with van der Waals surface area (Å²) in [5, 5.41) is 14.4. The molecule has 3 aliphatic carbocycles. The summed E-state index contributed by atoms with van der Waals surface area (Å²) >= 11 is 0. The van der Waals surface area contributed by atoms with Crippen molar-refractivity contribution in [1.82, 2.24) is 10.4 Å². The van der Waals surface area contributed by atoms with E-state index < -0.39 is 47.6 Å². The van der Waals surface area contributed by atoms with E-state index in [1.54, 1.807) is 5.06 Å². The Bertz CT molecular complexity index is 1590. The third-order valence-electron chi connectivity index (χ3n) is 14.5. The molecule has 2 N–H and O–H groups in total. The molecular weight excluding hydrogens is 684 g/mol. The van der Waals surface area contributed by atoms with Crippen LogP contribution in [0.1, 0.15) is 136 Å². The Morgan fingerprint density at radius 2 is 1.72 bits per heavy atom. The standard InChI is InChI=1S/C44H64N2O8/c1-6-8-12-19-43(20-13-9-7-2)52-35-33-26-44(40(49)45-22-23-47)37(39(48)50-33)46(54-38(44)36(35)53-43)27-30-15-11-10-14-28(30)24-29-16-17-34-42(5,51-34)21-18-32-31(29)25-41(32,3)4/h10-11,14-15,24,31-38,47H,6-9,12-13,16-23,25-27H2,1-5H3,(H,45,49)/t31-,32-,33-,34?,35+,36+,37-,38-,42-,44-/m1/s1. The zero-order valence-electron chi connectivity index (χ0n) is 33.3. The van der Waals surface area contributed by atoms with Gasteiger partial charge in [0.15, 0.2) is 11.8 Å². The highest BCUT2D eigenvalue weighted by atomic mass is 16.8. The molecule has 54 heavy (non-hydrogen) atoms. The van der Waals surface area contributed by atoms with Gasteiger partial charge in [-0.15, -0.1) is 0 Å². The first kappa shape index (κ1) is 38.5. The van der Waals surface area contributed by atoms with E-state index in [0.717, 1.165) is 81.8 Å². The summed E-state index contributed by atoms with van der Waals surface area (Å²) < 4.78 is 26.4. The lowest BCUT2D eigenvalue weighted by Crippen LogP contribution is -2.69. The molecule has 298 valence electrons. The fourth-order valence-electron chi connectivity index (χ4n) is 11.4. The number of hydrogen-bond donors (Lipinski definition) is 2. The molecule has 0 aromatic heterocycles. The normalized spacial score (nSPS) is 39.3. The van der Waals surface area contributed by atoms with Gasteiger partial charge in [0.25, 0.3) is 0 Å². The van der Waals surface area contributed by atoms with Crippen LogP contribution >= 0.6 is 0 Å². The predicted molar refractivity (Wildman–Crippen MR) is 204 cm³/mol. The van der Waals surface area contributed by atoms with Crippen LogP contribution in [0.5, 0.6) is 0 Å². The molecule has 3 saturated carbocycles. The number of aliphatic hydroxyl groups excluding tert-OH is 1. The van der Waals surface area contributed by atoms with E-state index in [-0.39, 0.29) is 31.1 Å². The molecule has 4 heterocycles. The van der Waals surface area contributed by atoms with Crippen LogP contribution in [0, 0.1) is 22.7 Å². The number of esters is 1. The monoisotopic (exact) mass is 748 g/mol. The van der Waals surface area contributed by atoms with Crippen LogP contribution in [0.3, 0.4) is 0 Å². The minimum atomic E-state index is -1.25. The van der Waals surface area contributed by atoms with Crippen LogP contribution in [-0.4, -0.2) is 83.1 Å². The summed E-state index contributed by atoms with van der Waals surface area (Å²) in [6, 6.07) is 7.41. The molecule has 1 unspecified atom stereocenters. The highest BCUT2D eigenvalue weighted by Gasteiger charge is 2.76. The van der Waals surface area contributed by atoms with Crippen LogP contribution in [-0.2, 0) is 39.9 Å². The number of carbonyl (C=O) groups excluding carboxylic acids is 2. The number of unbranched alkanes of at least 4 members (excludes halogenated alkanes) is 4. The number of epoxide rings is 1. The summed E-state index contributed by atoms with van der Waals surface area (Å²) in [7, 11) is 0. The van der Waals surface area contributed by atoms with Crippen molar-refractivity contribution in [2.75, 3.05) is 13.2 Å². The first-order chi connectivity index (χ1) is 26.0. The van der Waals surface area contributed by atoms with E-state index in [1.165, 1.54) is 18.4 Å². The Hall–Kier alpha value is -2.34. The van der Waals surface area contributed by atoms with Gasteiger partial charge in [0.1, 0.15) is 29.8 Å². The number of hydrogen-bond acceptors (Lipinski definition) is 9. The smallest absolute Gasteiger partial charge is 0.327 e. The Morgan fingerprint density at radius 3 is 2.44 bits per heavy atom. The number of aliphatic hydroxyl groups is 1. The molecular formula is C44H64N2O8. The molecule has 4 saturated heterocycles. The molecule has 10 heteroatoms. The molecule has 4 aliphatic heterocycles. The van der Waals surface area contributed by atoms with Gasteiger partial charge < -0.3 is 29.4 Å². The summed E-state index contributed by atoms with van der Waals surface area (Å²) in [5.74, 6) is -0.412. The Balaban J connectivity index is 1.11. The van der Waals surface area contributed by atoms with E-state index in [1.807, 2.05) is 6.07 Å². The molecule has 8 rings (SSSR count). The van der Waals surface area contributed by atoms with Crippen LogP contribution in [0.25, 0.3) is 6.08 Å². The molecule has 1 aromatic carbocycles. The molecule has 1 aromatic rings. The SMILES string of the molecule is CCCCCC1(CCCCC)O[C@@H]2[C@H](O1)[C@H]1ON(Cc3ccccc3C=C3CCC4O[C@]4(C)CC[C@@H]4[C@@H]3CC4(C)C)[C@@H]3C(=O)O[C@@H]2C[C@]13C(=O)NCCO. The molecule has 10 atom stereocenters. The number of fused-ring (bicyclic) bond motifs is 6. The second-order valence-corrected chi connectivity index (χ2v) is 18.5. The first-order valence-electron chi connectivity index (χ1n) is 21.3. The number of ether oxygens (including phenoxy) is 4. The van der Waals surface area contributed by atoms with Crippen molar-refractivity contribution >= 4 is 18.0 Å². The molecule has 0 spiro atoms. The number of rotatable bonds is 14. The Labute approximate surface area is 322 Å². The molecule has 10 nitrogen and oxygen atoms in total. The summed E-state index contributed by atoms with van der Waals surface area (Å²) in [6.45, 7) is 11.7. The van der Waals surface area contributed by atoms with Crippen LogP contribution < -0.4 is 5.32 Å². The molecule has 1 amide bonds. The van der Waals surface area contributed by atoms with Gasteiger partial charge in [-0.2, -0.15) is 5.06 Å². The number of nitrogens with one attached hydrogen (secondary N) is 1. The predicted octanol–water partition coefficient (Wildman–Crippen LogP) is 7.01. The fourth-order valence-corrected chi connectivity index (χ4v) is 11.4. The Morgan fingerprint density at radius 1 is 0.981 bits per heavy atom. The van der Waals surface area contributed by atoms with Gasteiger partial charge >= 0.3 is 5.97 Å². The van der Waals surface area contributed by atoms with Crippen molar-refractivity contribution in [3.63, 3.8) is 0 Å². The van der Waals surface area contributed by atoms with Gasteiger partial charge in [-0.25, -0.2) is 0 Å². The van der Waals surface area contributed by atoms with Gasteiger partial charge in [-0.1, -0.05) is 89.3 Å². The topological polar surface area (TPSA) is 119 Å². The molecule has 7 fully saturated rings. The first-order valence-corrected chi connectivity index (χ1v) is 21.3. The lowest BCUT2D eigenvalue weighted by molar-refractivity contribution is -0.224. The minimum Gasteiger partial charge on any atom is -0.458 e. The third-order valence-corrected chi connectivity index (χ3v) is 14.5. The minimum absolute atomic E-state index is 0.0260. The largest absolute Gasteiger partial charge is 0.458 e. The summed E-state index contributed by atoms with van der Waals surface area (Å²) in [4.78, 5) is 35.6. The number of allylic oxidation sites excluding steroid dienone is 1. The number of hydroxylamine groups is 2. The van der Waals surface area contributed by atoms with Crippen LogP contribution in [0.15, 0.2) is 29.8 Å². The van der Waals surface area contributed by atoms with Gasteiger partial charge in [-0.05, 0) is 80.2 Å². The second kappa shape index (κ2) is 14.9. The number of amides is 1. The van der Waals surface area contributed by atoms with Crippen LogP contribution in [0.2, 0.25) is 0 Å².